The fourth-order valence-corrected chi connectivity index (χ4v) is 2.94. The van der Waals surface area contributed by atoms with Crippen LogP contribution in [0.1, 0.15) is 45.2 Å². The van der Waals surface area contributed by atoms with Crippen molar-refractivity contribution < 1.29 is 14.3 Å². The third-order valence-electron chi connectivity index (χ3n) is 4.84. The molecule has 1 aromatic rings. The van der Waals surface area contributed by atoms with E-state index >= 15 is 0 Å². The highest BCUT2D eigenvalue weighted by molar-refractivity contribution is 5.80. The van der Waals surface area contributed by atoms with Gasteiger partial charge in [-0.05, 0) is 25.8 Å². The van der Waals surface area contributed by atoms with Crippen LogP contribution in [0.5, 0.6) is 0 Å². The van der Waals surface area contributed by atoms with Gasteiger partial charge in [-0.3, -0.25) is 9.59 Å². The minimum Gasteiger partial charge on any atom is -0.366 e. The van der Waals surface area contributed by atoms with Crippen LogP contribution in [-0.2, 0) is 14.3 Å². The molecule has 1 saturated heterocycles. The van der Waals surface area contributed by atoms with Gasteiger partial charge in [-0.15, -0.1) is 0 Å². The largest absolute Gasteiger partial charge is 0.366 e. The smallest absolute Gasteiger partial charge is 0.246 e. The van der Waals surface area contributed by atoms with Crippen molar-refractivity contribution in [2.75, 3.05) is 20.2 Å². The molecule has 2 rings (SSSR count). The van der Waals surface area contributed by atoms with E-state index in [4.69, 9.17) is 4.74 Å². The number of rotatable bonds is 7. The molecule has 5 heteroatoms. The van der Waals surface area contributed by atoms with E-state index < -0.39 is 0 Å². The van der Waals surface area contributed by atoms with Gasteiger partial charge < -0.3 is 15.0 Å². The Kier molecular flexibility index (Phi) is 5.99. The minimum absolute atomic E-state index is 0.00648. The van der Waals surface area contributed by atoms with Crippen LogP contribution in [0.3, 0.4) is 0 Å². The first-order valence-corrected chi connectivity index (χ1v) is 8.55. The predicted octanol–water partition coefficient (Wildman–Crippen LogP) is 2.53. The summed E-state index contributed by atoms with van der Waals surface area (Å²) in [5.74, 6) is 0.0600. The summed E-state index contributed by atoms with van der Waals surface area (Å²) >= 11 is 0. The molecule has 0 aliphatic carbocycles. The van der Waals surface area contributed by atoms with Crippen LogP contribution in [0.4, 0.5) is 0 Å². The Morgan fingerprint density at radius 1 is 1.33 bits per heavy atom. The molecule has 1 fully saturated rings. The highest BCUT2D eigenvalue weighted by atomic mass is 16.5. The van der Waals surface area contributed by atoms with Gasteiger partial charge in [-0.2, -0.15) is 0 Å². The van der Waals surface area contributed by atoms with E-state index in [1.165, 1.54) is 0 Å². The van der Waals surface area contributed by atoms with Crippen LogP contribution < -0.4 is 5.32 Å². The summed E-state index contributed by atoms with van der Waals surface area (Å²) in [6.07, 6.45) is 1.30. The number of hydrogen-bond acceptors (Lipinski definition) is 3. The number of nitrogens with zero attached hydrogens (tertiary/aromatic N) is 1. The summed E-state index contributed by atoms with van der Waals surface area (Å²) in [5.41, 5.74) is 0.807. The molecule has 1 aromatic carbocycles. The molecule has 132 valence electrons. The molecule has 24 heavy (non-hydrogen) atoms. The van der Waals surface area contributed by atoms with Crippen molar-refractivity contribution in [1.82, 2.24) is 10.2 Å². The second-order valence-corrected chi connectivity index (χ2v) is 7.03. The maximum Gasteiger partial charge on any atom is 0.246 e. The van der Waals surface area contributed by atoms with E-state index in [1.54, 1.807) is 4.90 Å². The third kappa shape index (κ3) is 4.57. The van der Waals surface area contributed by atoms with Crippen LogP contribution >= 0.6 is 0 Å². The van der Waals surface area contributed by atoms with Gasteiger partial charge in [-0.1, -0.05) is 37.3 Å². The Hall–Kier alpha value is -1.88. The molecule has 1 aliphatic heterocycles. The van der Waals surface area contributed by atoms with E-state index in [9.17, 15) is 9.59 Å². The number of ether oxygens (including phenoxy) is 1. The summed E-state index contributed by atoms with van der Waals surface area (Å²) in [7, 11) is 1.83. The van der Waals surface area contributed by atoms with E-state index in [2.05, 4.69) is 5.32 Å². The van der Waals surface area contributed by atoms with E-state index in [1.807, 2.05) is 58.2 Å². The fourth-order valence-electron chi connectivity index (χ4n) is 2.94. The molecule has 1 N–H and O–H groups in total. The minimum atomic E-state index is -0.298. The molecule has 2 atom stereocenters. The maximum atomic E-state index is 12.1. The van der Waals surface area contributed by atoms with Crippen molar-refractivity contribution in [3.8, 4) is 0 Å². The van der Waals surface area contributed by atoms with Crippen LogP contribution in [0.25, 0.3) is 0 Å². The zero-order valence-electron chi connectivity index (χ0n) is 15.0. The van der Waals surface area contributed by atoms with Crippen molar-refractivity contribution >= 4 is 11.8 Å². The second kappa shape index (κ2) is 7.79. The van der Waals surface area contributed by atoms with Crippen molar-refractivity contribution in [1.29, 1.82) is 0 Å². The Morgan fingerprint density at radius 2 is 2.00 bits per heavy atom. The summed E-state index contributed by atoms with van der Waals surface area (Å²) < 4.78 is 5.62. The van der Waals surface area contributed by atoms with E-state index in [0.29, 0.717) is 13.0 Å². The lowest BCUT2D eigenvalue weighted by molar-refractivity contribution is -0.131. The lowest BCUT2D eigenvalue weighted by atomic mass is 9.93. The predicted molar refractivity (Wildman–Crippen MR) is 93.4 cm³/mol. The van der Waals surface area contributed by atoms with Gasteiger partial charge in [0.1, 0.15) is 6.61 Å². The number of benzene rings is 1. The van der Waals surface area contributed by atoms with Crippen LogP contribution in [-0.4, -0.2) is 42.5 Å². The molecular formula is C19H28N2O3. The van der Waals surface area contributed by atoms with E-state index in [-0.39, 0.29) is 36.0 Å². The van der Waals surface area contributed by atoms with Crippen molar-refractivity contribution in [3.05, 3.63) is 35.9 Å². The summed E-state index contributed by atoms with van der Waals surface area (Å²) in [6.45, 7) is 6.49. The number of carbonyl (C=O) groups is 2. The Balaban J connectivity index is 1.93. The molecule has 0 unspecified atom stereocenters. The number of nitrogens with one attached hydrogen (secondary N) is 1. The second-order valence-electron chi connectivity index (χ2n) is 7.03. The Labute approximate surface area is 144 Å². The molecule has 0 saturated carbocycles. The average molecular weight is 332 g/mol. The van der Waals surface area contributed by atoms with Crippen molar-refractivity contribution in [2.45, 2.75) is 45.3 Å². The first kappa shape index (κ1) is 18.5. The molecule has 0 bridgehead atoms. The van der Waals surface area contributed by atoms with E-state index in [0.717, 1.165) is 12.0 Å². The van der Waals surface area contributed by atoms with Gasteiger partial charge in [0.2, 0.25) is 11.8 Å². The average Bonchev–Trinajstić information content (AvgIpc) is 2.86. The fraction of sp³-hybridized carbons (Fsp3) is 0.579. The van der Waals surface area contributed by atoms with Gasteiger partial charge in [0.15, 0.2) is 0 Å². The van der Waals surface area contributed by atoms with Gasteiger partial charge in [0.05, 0.1) is 11.6 Å². The first-order valence-electron chi connectivity index (χ1n) is 8.55. The zero-order valence-corrected chi connectivity index (χ0v) is 15.0. The van der Waals surface area contributed by atoms with Gasteiger partial charge in [0.25, 0.3) is 0 Å². The molecule has 1 aliphatic rings. The normalized spacial score (nSPS) is 21.2. The highest BCUT2D eigenvalue weighted by Gasteiger charge is 2.38. The summed E-state index contributed by atoms with van der Waals surface area (Å²) in [4.78, 5) is 25.9. The summed E-state index contributed by atoms with van der Waals surface area (Å²) in [6, 6.07) is 9.98. The van der Waals surface area contributed by atoms with Gasteiger partial charge in [-0.25, -0.2) is 0 Å². The molecule has 0 aromatic heterocycles. The van der Waals surface area contributed by atoms with Crippen LogP contribution in [0, 0.1) is 5.92 Å². The first-order chi connectivity index (χ1) is 11.3. The number of amides is 2. The van der Waals surface area contributed by atoms with Gasteiger partial charge in [0, 0.05) is 25.9 Å². The third-order valence-corrected chi connectivity index (χ3v) is 4.84. The van der Waals surface area contributed by atoms with Gasteiger partial charge >= 0.3 is 0 Å². The molecule has 1 heterocycles. The lowest BCUT2D eigenvalue weighted by Crippen LogP contribution is -2.37. The van der Waals surface area contributed by atoms with Crippen molar-refractivity contribution in [3.63, 3.8) is 0 Å². The Bertz CT molecular complexity index is 571. The number of carbonyl (C=O) groups excluding carboxylic acids is 2. The molecule has 5 nitrogen and oxygen atoms in total. The summed E-state index contributed by atoms with van der Waals surface area (Å²) in [5, 5.41) is 2.92. The monoisotopic (exact) mass is 332 g/mol. The van der Waals surface area contributed by atoms with Crippen LogP contribution in [0.2, 0.25) is 0 Å². The van der Waals surface area contributed by atoms with Crippen molar-refractivity contribution in [2.24, 2.45) is 5.92 Å². The molecule has 2 amide bonds. The Morgan fingerprint density at radius 3 is 2.62 bits per heavy atom. The molecule has 0 spiro atoms. The standard InChI is InChI=1S/C19H28N2O3/c1-5-19(2,3)24-13-16(22)20-12-15-11-17(23)21(4)18(15)14-9-7-6-8-10-14/h6-10,15,18H,5,11-13H2,1-4H3,(H,20,22)/t15-,18-/m0/s1. The molecule has 0 radical (unpaired) electrons. The quantitative estimate of drug-likeness (QED) is 0.835. The topological polar surface area (TPSA) is 58.6 Å². The molecular weight excluding hydrogens is 304 g/mol. The number of hydrogen-bond donors (Lipinski definition) is 1. The number of likely N-dealkylation sites (tertiary alicyclic amines) is 1. The highest BCUT2D eigenvalue weighted by Crippen LogP contribution is 2.36. The SMILES string of the molecule is CCC(C)(C)OCC(=O)NC[C@@H]1CC(=O)N(C)[C@H]1c1ccccc1. The lowest BCUT2D eigenvalue weighted by Gasteiger charge is -2.26. The van der Waals surface area contributed by atoms with Crippen LogP contribution in [0.15, 0.2) is 30.3 Å². The maximum absolute atomic E-state index is 12.1. The zero-order chi connectivity index (χ0) is 17.7.